The van der Waals surface area contributed by atoms with Crippen LogP contribution in [0.4, 0.5) is 0 Å². The van der Waals surface area contributed by atoms with Gasteiger partial charge in [0.1, 0.15) is 5.75 Å². The highest BCUT2D eigenvalue weighted by atomic mass is 16.5. The van der Waals surface area contributed by atoms with E-state index in [1.807, 2.05) is 0 Å². The van der Waals surface area contributed by atoms with Crippen molar-refractivity contribution in [3.8, 4) is 5.75 Å². The van der Waals surface area contributed by atoms with Crippen LogP contribution in [-0.4, -0.2) is 6.10 Å². The molecule has 1 aliphatic carbocycles. The second-order valence-corrected chi connectivity index (χ2v) is 5.42. The molecule has 1 aromatic rings. The fourth-order valence-electron chi connectivity index (χ4n) is 2.66. The Morgan fingerprint density at radius 1 is 1.19 bits per heavy atom. The van der Waals surface area contributed by atoms with Gasteiger partial charge >= 0.3 is 0 Å². The van der Waals surface area contributed by atoms with Gasteiger partial charge in [0.15, 0.2) is 0 Å². The molecule has 0 aliphatic heterocycles. The highest BCUT2D eigenvalue weighted by Gasteiger charge is 2.25. The van der Waals surface area contributed by atoms with Gasteiger partial charge in [-0.1, -0.05) is 19.9 Å². The van der Waals surface area contributed by atoms with E-state index in [2.05, 4.69) is 45.9 Å². The van der Waals surface area contributed by atoms with E-state index >= 15 is 0 Å². The molecule has 16 heavy (non-hydrogen) atoms. The van der Waals surface area contributed by atoms with Crippen molar-refractivity contribution in [2.45, 2.75) is 52.6 Å². The predicted molar refractivity (Wildman–Crippen MR) is 68.1 cm³/mol. The smallest absolute Gasteiger partial charge is 0.119 e. The van der Waals surface area contributed by atoms with Gasteiger partial charge in [0.05, 0.1) is 6.10 Å². The third-order valence-corrected chi connectivity index (χ3v) is 3.42. The van der Waals surface area contributed by atoms with Gasteiger partial charge in [0.2, 0.25) is 0 Å². The van der Waals surface area contributed by atoms with Gasteiger partial charge in [-0.15, -0.1) is 0 Å². The molecule has 1 unspecified atom stereocenters. The molecule has 1 atom stereocenters. The van der Waals surface area contributed by atoms with Gasteiger partial charge in [0.25, 0.3) is 0 Å². The summed E-state index contributed by atoms with van der Waals surface area (Å²) in [5.74, 6) is 2.53. The topological polar surface area (TPSA) is 9.23 Å². The monoisotopic (exact) mass is 218 g/mol. The molecule has 1 heteroatoms. The van der Waals surface area contributed by atoms with Crippen LogP contribution in [-0.2, 0) is 6.42 Å². The third kappa shape index (κ3) is 2.23. The zero-order valence-electron chi connectivity index (χ0n) is 10.8. The molecule has 1 aliphatic rings. The van der Waals surface area contributed by atoms with E-state index in [0.717, 1.165) is 17.6 Å². The first-order valence-corrected chi connectivity index (χ1v) is 6.37. The first kappa shape index (κ1) is 11.5. The molecule has 0 aromatic heterocycles. The van der Waals surface area contributed by atoms with Crippen LogP contribution < -0.4 is 4.74 Å². The summed E-state index contributed by atoms with van der Waals surface area (Å²) in [5, 5.41) is 0. The number of fused-ring (bicyclic) bond motifs is 1. The van der Waals surface area contributed by atoms with Crippen LogP contribution in [0.3, 0.4) is 0 Å². The molecule has 1 nitrogen and oxygen atoms in total. The lowest BCUT2D eigenvalue weighted by Crippen LogP contribution is -2.06. The van der Waals surface area contributed by atoms with Crippen molar-refractivity contribution < 1.29 is 4.74 Å². The average Bonchev–Trinajstić information content (AvgIpc) is 2.59. The van der Waals surface area contributed by atoms with Crippen LogP contribution in [0.1, 0.15) is 51.2 Å². The third-order valence-electron chi connectivity index (χ3n) is 3.42. The van der Waals surface area contributed by atoms with E-state index < -0.39 is 0 Å². The Kier molecular flexibility index (Phi) is 3.22. The number of aryl methyl sites for hydroxylation is 1. The Bertz CT molecular complexity index is 366. The number of ether oxygens (including phenoxy) is 1. The number of rotatable bonds is 3. The zero-order valence-corrected chi connectivity index (χ0v) is 10.8. The van der Waals surface area contributed by atoms with Crippen molar-refractivity contribution >= 4 is 0 Å². The Balaban J connectivity index is 2.22. The Morgan fingerprint density at radius 3 is 2.56 bits per heavy atom. The molecule has 0 spiro atoms. The predicted octanol–water partition coefficient (Wildman–Crippen LogP) is 4.16. The molecule has 0 fully saturated rings. The zero-order chi connectivity index (χ0) is 11.7. The van der Waals surface area contributed by atoms with Gasteiger partial charge in [-0.05, 0) is 61.8 Å². The first-order valence-electron chi connectivity index (χ1n) is 6.37. The lowest BCUT2D eigenvalue weighted by molar-refractivity contribution is 0.242. The number of hydrogen-bond acceptors (Lipinski definition) is 1. The Hall–Kier alpha value is -0.980. The summed E-state index contributed by atoms with van der Waals surface area (Å²) >= 11 is 0. The molecular weight excluding hydrogens is 196 g/mol. The Morgan fingerprint density at radius 2 is 1.94 bits per heavy atom. The fraction of sp³-hybridized carbons (Fsp3) is 0.600. The van der Waals surface area contributed by atoms with Crippen molar-refractivity contribution in [1.82, 2.24) is 0 Å². The molecular formula is C15H22O. The number of hydrogen-bond donors (Lipinski definition) is 0. The minimum Gasteiger partial charge on any atom is -0.491 e. The lowest BCUT2D eigenvalue weighted by Gasteiger charge is -2.16. The van der Waals surface area contributed by atoms with E-state index in [0.29, 0.717) is 0 Å². The van der Waals surface area contributed by atoms with E-state index in [1.54, 1.807) is 5.56 Å². The fourth-order valence-corrected chi connectivity index (χ4v) is 2.66. The minimum absolute atomic E-state index is 0.264. The van der Waals surface area contributed by atoms with Gasteiger partial charge < -0.3 is 4.74 Å². The molecule has 0 N–H and O–H groups in total. The second-order valence-electron chi connectivity index (χ2n) is 5.42. The molecule has 2 rings (SSSR count). The van der Waals surface area contributed by atoms with Gasteiger partial charge in [-0.25, -0.2) is 0 Å². The summed E-state index contributed by atoms with van der Waals surface area (Å²) in [6.07, 6.45) is 2.78. The lowest BCUT2D eigenvalue weighted by atomic mass is 9.90. The van der Waals surface area contributed by atoms with Crippen LogP contribution in [0.5, 0.6) is 5.75 Å². The summed E-state index contributed by atoms with van der Waals surface area (Å²) < 4.78 is 5.74. The van der Waals surface area contributed by atoms with Gasteiger partial charge in [0, 0.05) is 0 Å². The van der Waals surface area contributed by atoms with Crippen molar-refractivity contribution in [2.24, 2.45) is 5.92 Å². The molecule has 0 radical (unpaired) electrons. The van der Waals surface area contributed by atoms with Crippen LogP contribution in [0.2, 0.25) is 0 Å². The van der Waals surface area contributed by atoms with Crippen LogP contribution in [0.15, 0.2) is 18.2 Å². The summed E-state index contributed by atoms with van der Waals surface area (Å²) in [6, 6.07) is 6.63. The van der Waals surface area contributed by atoms with Gasteiger partial charge in [-0.3, -0.25) is 0 Å². The van der Waals surface area contributed by atoms with Crippen LogP contribution in [0, 0.1) is 5.92 Å². The summed E-state index contributed by atoms with van der Waals surface area (Å²) in [6.45, 7) is 8.78. The largest absolute Gasteiger partial charge is 0.491 e. The maximum atomic E-state index is 5.74. The van der Waals surface area contributed by atoms with Crippen molar-refractivity contribution in [2.75, 3.05) is 0 Å². The van der Waals surface area contributed by atoms with Crippen LogP contribution >= 0.6 is 0 Å². The van der Waals surface area contributed by atoms with Crippen molar-refractivity contribution in [1.29, 1.82) is 0 Å². The molecule has 88 valence electrons. The first-order chi connectivity index (χ1) is 7.58. The maximum absolute atomic E-state index is 5.74. The number of benzene rings is 1. The highest BCUT2D eigenvalue weighted by molar-refractivity contribution is 5.41. The second kappa shape index (κ2) is 4.48. The molecule has 0 heterocycles. The normalized spacial score (nSPS) is 19.2. The molecule has 0 saturated heterocycles. The van der Waals surface area contributed by atoms with Gasteiger partial charge in [-0.2, -0.15) is 0 Å². The summed E-state index contributed by atoms with van der Waals surface area (Å²) in [7, 11) is 0. The highest BCUT2D eigenvalue weighted by Crippen LogP contribution is 2.39. The SMILES string of the molecule is CC(C)Oc1ccc2c(c1)CCC2C(C)C. The molecule has 0 amide bonds. The summed E-state index contributed by atoms with van der Waals surface area (Å²) in [5.41, 5.74) is 3.04. The molecule has 0 saturated carbocycles. The van der Waals surface area contributed by atoms with E-state index in [1.165, 1.54) is 18.4 Å². The van der Waals surface area contributed by atoms with E-state index in [-0.39, 0.29) is 6.10 Å². The van der Waals surface area contributed by atoms with Crippen molar-refractivity contribution in [3.05, 3.63) is 29.3 Å². The Labute approximate surface area is 98.8 Å². The summed E-state index contributed by atoms with van der Waals surface area (Å²) in [4.78, 5) is 0. The van der Waals surface area contributed by atoms with Crippen molar-refractivity contribution in [3.63, 3.8) is 0 Å². The maximum Gasteiger partial charge on any atom is 0.119 e. The van der Waals surface area contributed by atoms with Crippen LogP contribution in [0.25, 0.3) is 0 Å². The van der Waals surface area contributed by atoms with E-state index in [9.17, 15) is 0 Å². The molecule has 0 bridgehead atoms. The average molecular weight is 218 g/mol. The van der Waals surface area contributed by atoms with E-state index in [4.69, 9.17) is 4.74 Å². The molecule has 1 aromatic carbocycles. The standard InChI is InChI=1S/C15H22O/c1-10(2)14-7-5-12-9-13(16-11(3)4)6-8-15(12)14/h6,8-11,14H,5,7H2,1-4H3. The minimum atomic E-state index is 0.264. The quantitative estimate of drug-likeness (QED) is 0.740.